The van der Waals surface area contributed by atoms with E-state index in [4.69, 9.17) is 10.5 Å². The van der Waals surface area contributed by atoms with Crippen molar-refractivity contribution in [3.05, 3.63) is 23.9 Å². The van der Waals surface area contributed by atoms with Crippen LogP contribution >= 0.6 is 12.4 Å². The van der Waals surface area contributed by atoms with Crippen LogP contribution in [0.5, 0.6) is 0 Å². The monoisotopic (exact) mass is 243 g/mol. The van der Waals surface area contributed by atoms with E-state index in [0.29, 0.717) is 5.56 Å². The van der Waals surface area contributed by atoms with Crippen LogP contribution in [0.4, 0.5) is 5.82 Å². The average Bonchev–Trinajstić information content (AvgIpc) is 2.30. The summed E-state index contributed by atoms with van der Waals surface area (Å²) in [6, 6.07) is 3.51. The van der Waals surface area contributed by atoms with Gasteiger partial charge in [0, 0.05) is 19.3 Å². The molecule has 2 heterocycles. The third-order valence-electron chi connectivity index (χ3n) is 2.37. The molecule has 1 saturated heterocycles. The molecule has 0 atom stereocenters. The van der Waals surface area contributed by atoms with Gasteiger partial charge in [0.1, 0.15) is 5.82 Å². The molecule has 0 radical (unpaired) electrons. The molecule has 16 heavy (non-hydrogen) atoms. The molecule has 1 aromatic heterocycles. The van der Waals surface area contributed by atoms with Crippen LogP contribution in [0.15, 0.2) is 18.3 Å². The summed E-state index contributed by atoms with van der Waals surface area (Å²) in [5.41, 5.74) is 5.57. The second kappa shape index (κ2) is 5.67. The fourth-order valence-corrected chi connectivity index (χ4v) is 1.51. The SMILES string of the molecule is Cl.NC(=O)c1ccc(N2CCOCC2)nc1. The molecule has 1 aromatic rings. The summed E-state index contributed by atoms with van der Waals surface area (Å²) < 4.78 is 5.24. The van der Waals surface area contributed by atoms with Crippen LogP contribution in [0.2, 0.25) is 0 Å². The van der Waals surface area contributed by atoms with Crippen LogP contribution in [-0.4, -0.2) is 37.2 Å². The summed E-state index contributed by atoms with van der Waals surface area (Å²) in [7, 11) is 0. The van der Waals surface area contributed by atoms with Crippen LogP contribution in [0.1, 0.15) is 10.4 Å². The molecule has 2 rings (SSSR count). The molecule has 2 N–H and O–H groups in total. The third-order valence-corrected chi connectivity index (χ3v) is 2.37. The number of carbonyl (C=O) groups is 1. The van der Waals surface area contributed by atoms with Gasteiger partial charge in [-0.3, -0.25) is 4.79 Å². The molecule has 1 aliphatic heterocycles. The summed E-state index contributed by atoms with van der Waals surface area (Å²) in [4.78, 5) is 17.1. The van der Waals surface area contributed by atoms with E-state index in [-0.39, 0.29) is 12.4 Å². The molecule has 0 bridgehead atoms. The number of nitrogens with zero attached hydrogens (tertiary/aromatic N) is 2. The number of carbonyl (C=O) groups excluding carboxylic acids is 1. The first-order valence-corrected chi connectivity index (χ1v) is 4.86. The minimum absolute atomic E-state index is 0. The number of ether oxygens (including phenoxy) is 1. The van der Waals surface area contributed by atoms with Crippen molar-refractivity contribution in [2.24, 2.45) is 5.73 Å². The first-order chi connectivity index (χ1) is 7.27. The maximum Gasteiger partial charge on any atom is 0.250 e. The average molecular weight is 244 g/mol. The van der Waals surface area contributed by atoms with Crippen LogP contribution in [0.25, 0.3) is 0 Å². The molecule has 1 amide bonds. The first-order valence-electron chi connectivity index (χ1n) is 4.86. The van der Waals surface area contributed by atoms with Gasteiger partial charge in [0.25, 0.3) is 0 Å². The van der Waals surface area contributed by atoms with Gasteiger partial charge in [0.05, 0.1) is 18.8 Å². The van der Waals surface area contributed by atoms with E-state index in [2.05, 4.69) is 9.88 Å². The molecule has 6 heteroatoms. The van der Waals surface area contributed by atoms with Crippen LogP contribution in [-0.2, 0) is 4.74 Å². The van der Waals surface area contributed by atoms with Gasteiger partial charge in [-0.25, -0.2) is 4.98 Å². The second-order valence-electron chi connectivity index (χ2n) is 3.37. The lowest BCUT2D eigenvalue weighted by Crippen LogP contribution is -2.36. The highest BCUT2D eigenvalue weighted by Gasteiger charge is 2.12. The van der Waals surface area contributed by atoms with E-state index in [1.54, 1.807) is 6.07 Å². The van der Waals surface area contributed by atoms with Crippen molar-refractivity contribution in [1.29, 1.82) is 0 Å². The predicted octanol–water partition coefficient (Wildman–Crippen LogP) is 0.439. The van der Waals surface area contributed by atoms with Gasteiger partial charge >= 0.3 is 0 Å². The molecule has 0 aromatic carbocycles. The number of amides is 1. The topological polar surface area (TPSA) is 68.5 Å². The van der Waals surface area contributed by atoms with Crippen LogP contribution in [0.3, 0.4) is 0 Å². The van der Waals surface area contributed by atoms with Crippen molar-refractivity contribution in [3.8, 4) is 0 Å². The summed E-state index contributed by atoms with van der Waals surface area (Å²) in [5.74, 6) is 0.416. The number of halogens is 1. The Morgan fingerprint density at radius 2 is 2.06 bits per heavy atom. The number of hydrogen-bond donors (Lipinski definition) is 1. The molecule has 5 nitrogen and oxygen atoms in total. The first kappa shape index (κ1) is 12.7. The Balaban J connectivity index is 0.00000128. The van der Waals surface area contributed by atoms with Crippen molar-refractivity contribution in [3.63, 3.8) is 0 Å². The maximum absolute atomic E-state index is 10.8. The Kier molecular flexibility index (Phi) is 4.52. The molecule has 1 aliphatic rings. The van der Waals surface area contributed by atoms with Gasteiger partial charge < -0.3 is 15.4 Å². The molecule has 0 spiro atoms. The van der Waals surface area contributed by atoms with E-state index in [1.165, 1.54) is 6.20 Å². The van der Waals surface area contributed by atoms with Crippen molar-refractivity contribution >= 4 is 24.1 Å². The lowest BCUT2D eigenvalue weighted by Gasteiger charge is -2.27. The summed E-state index contributed by atoms with van der Waals surface area (Å²) in [6.45, 7) is 3.12. The van der Waals surface area contributed by atoms with Gasteiger partial charge in [-0.2, -0.15) is 0 Å². The third kappa shape index (κ3) is 2.84. The highest BCUT2D eigenvalue weighted by Crippen LogP contribution is 2.12. The number of anilines is 1. The molecule has 1 fully saturated rings. The fraction of sp³-hybridized carbons (Fsp3) is 0.400. The van der Waals surface area contributed by atoms with Crippen molar-refractivity contribution < 1.29 is 9.53 Å². The Bertz CT molecular complexity index is 350. The van der Waals surface area contributed by atoms with Crippen LogP contribution in [0, 0.1) is 0 Å². The summed E-state index contributed by atoms with van der Waals surface area (Å²) in [5, 5.41) is 0. The molecule has 0 saturated carbocycles. The van der Waals surface area contributed by atoms with Crippen molar-refractivity contribution in [2.75, 3.05) is 31.2 Å². The number of primary amides is 1. The molecule has 0 aliphatic carbocycles. The normalized spacial score (nSPS) is 15.4. The van der Waals surface area contributed by atoms with E-state index >= 15 is 0 Å². The van der Waals surface area contributed by atoms with Gasteiger partial charge in [-0.1, -0.05) is 0 Å². The minimum atomic E-state index is -0.448. The fourth-order valence-electron chi connectivity index (χ4n) is 1.51. The minimum Gasteiger partial charge on any atom is -0.378 e. The zero-order valence-corrected chi connectivity index (χ0v) is 9.57. The van der Waals surface area contributed by atoms with Gasteiger partial charge in [0.2, 0.25) is 5.91 Å². The smallest absolute Gasteiger partial charge is 0.250 e. The summed E-state index contributed by atoms with van der Waals surface area (Å²) in [6.07, 6.45) is 1.51. The van der Waals surface area contributed by atoms with E-state index in [9.17, 15) is 4.79 Å². The van der Waals surface area contributed by atoms with E-state index in [0.717, 1.165) is 32.1 Å². The zero-order chi connectivity index (χ0) is 10.7. The Morgan fingerprint density at radius 3 is 2.56 bits per heavy atom. The number of rotatable bonds is 2. The predicted molar refractivity (Wildman–Crippen MR) is 63.0 cm³/mol. The van der Waals surface area contributed by atoms with E-state index in [1.807, 2.05) is 6.07 Å². The van der Waals surface area contributed by atoms with Gasteiger partial charge in [0.15, 0.2) is 0 Å². The maximum atomic E-state index is 10.8. The number of nitrogens with two attached hydrogens (primary N) is 1. The van der Waals surface area contributed by atoms with Crippen LogP contribution < -0.4 is 10.6 Å². The van der Waals surface area contributed by atoms with Crippen molar-refractivity contribution in [1.82, 2.24) is 4.98 Å². The lowest BCUT2D eigenvalue weighted by molar-refractivity contribution is 0.1000. The zero-order valence-electron chi connectivity index (χ0n) is 8.76. The van der Waals surface area contributed by atoms with Crippen molar-refractivity contribution in [2.45, 2.75) is 0 Å². The lowest BCUT2D eigenvalue weighted by atomic mass is 10.2. The quantitative estimate of drug-likeness (QED) is 0.819. The molecular weight excluding hydrogens is 230 g/mol. The highest BCUT2D eigenvalue weighted by molar-refractivity contribution is 5.92. The van der Waals surface area contributed by atoms with Gasteiger partial charge in [-0.15, -0.1) is 12.4 Å². The second-order valence-corrected chi connectivity index (χ2v) is 3.37. The van der Waals surface area contributed by atoms with Gasteiger partial charge in [-0.05, 0) is 12.1 Å². The number of aromatic nitrogens is 1. The van der Waals surface area contributed by atoms with E-state index < -0.39 is 5.91 Å². The Hall–Kier alpha value is -1.33. The number of pyridine rings is 1. The summed E-state index contributed by atoms with van der Waals surface area (Å²) >= 11 is 0. The highest BCUT2D eigenvalue weighted by atomic mass is 35.5. The number of morpholine rings is 1. The number of hydrogen-bond acceptors (Lipinski definition) is 4. The largest absolute Gasteiger partial charge is 0.378 e. The molecule has 0 unspecified atom stereocenters. The standard InChI is InChI=1S/C10H13N3O2.ClH/c11-10(14)8-1-2-9(12-7-8)13-3-5-15-6-4-13;/h1-2,7H,3-6H2,(H2,11,14);1H. The Morgan fingerprint density at radius 1 is 1.38 bits per heavy atom. The molecular formula is C10H14ClN3O2. The molecule has 88 valence electrons. The Labute approximate surface area is 100.0 Å².